The number of ether oxygens (including phenoxy) is 2. The Morgan fingerprint density at radius 1 is 1.23 bits per heavy atom. The standard InChI is InChI=1S/C24H25FN4O6/c1-28-21(32)8-13-2-3-16(25)22(23(13)28)18(31)10-26-7-6-15-11-29(24(33)35-15)20-5-4-19-17(27-20)9-14(30)12-34-19/h2-5,15,18,26,31H,6-12H2,1H3. The molecule has 2 N–H and O–H groups in total. The number of aliphatic hydroxyl groups excluding tert-OH is 1. The fourth-order valence-electron chi connectivity index (χ4n) is 4.63. The predicted octanol–water partition coefficient (Wildman–Crippen LogP) is 1.28. The van der Waals surface area contributed by atoms with Crippen LogP contribution in [-0.4, -0.2) is 67.3 Å². The Morgan fingerprint density at radius 3 is 2.89 bits per heavy atom. The molecule has 3 aliphatic rings. The van der Waals surface area contributed by atoms with Gasteiger partial charge in [-0.3, -0.25) is 14.5 Å². The molecule has 0 bridgehead atoms. The first-order chi connectivity index (χ1) is 16.8. The summed E-state index contributed by atoms with van der Waals surface area (Å²) in [6, 6.07) is 6.19. The van der Waals surface area contributed by atoms with Crippen molar-refractivity contribution < 1.29 is 33.4 Å². The number of halogens is 1. The molecule has 1 aromatic heterocycles. The number of Topliss-reactive ketones (excluding diaryl/α,β-unsaturated/α-hetero) is 1. The lowest BCUT2D eigenvalue weighted by Gasteiger charge is -2.20. The number of carbonyl (C=O) groups excluding carboxylic acids is 3. The van der Waals surface area contributed by atoms with Gasteiger partial charge in [-0.05, 0) is 36.7 Å². The zero-order valence-electron chi connectivity index (χ0n) is 19.1. The molecule has 2 aromatic rings. The van der Waals surface area contributed by atoms with Gasteiger partial charge in [-0.2, -0.15) is 0 Å². The number of hydrogen-bond acceptors (Lipinski definition) is 8. The Hall–Kier alpha value is -3.57. The number of amides is 2. The van der Waals surface area contributed by atoms with Gasteiger partial charge in [0.25, 0.3) is 0 Å². The van der Waals surface area contributed by atoms with Crippen LogP contribution in [0.25, 0.3) is 0 Å². The molecule has 2 amide bonds. The molecule has 1 saturated heterocycles. The fourth-order valence-corrected chi connectivity index (χ4v) is 4.63. The Labute approximate surface area is 200 Å². The monoisotopic (exact) mass is 484 g/mol. The van der Waals surface area contributed by atoms with E-state index >= 15 is 0 Å². The summed E-state index contributed by atoms with van der Waals surface area (Å²) in [4.78, 5) is 43.2. The normalized spacial score (nSPS) is 20.0. The minimum absolute atomic E-state index is 0.0256. The molecule has 35 heavy (non-hydrogen) atoms. The van der Waals surface area contributed by atoms with Gasteiger partial charge < -0.3 is 24.8 Å². The van der Waals surface area contributed by atoms with Gasteiger partial charge in [0, 0.05) is 19.2 Å². The van der Waals surface area contributed by atoms with Crippen molar-refractivity contribution >= 4 is 29.3 Å². The van der Waals surface area contributed by atoms with E-state index in [0.29, 0.717) is 41.5 Å². The maximum absolute atomic E-state index is 14.5. The first kappa shape index (κ1) is 23.2. The molecule has 2 unspecified atom stereocenters. The maximum atomic E-state index is 14.5. The highest BCUT2D eigenvalue weighted by Gasteiger charge is 2.34. The summed E-state index contributed by atoms with van der Waals surface area (Å²) in [6.45, 7) is 0.795. The molecule has 4 heterocycles. The first-order valence-electron chi connectivity index (χ1n) is 11.4. The third-order valence-electron chi connectivity index (χ3n) is 6.43. The fraction of sp³-hybridized carbons (Fsp3) is 0.417. The average Bonchev–Trinajstić information content (AvgIpc) is 3.35. The Balaban J connectivity index is 1.15. The van der Waals surface area contributed by atoms with Crippen LogP contribution in [0, 0.1) is 5.82 Å². The highest BCUT2D eigenvalue weighted by atomic mass is 19.1. The smallest absolute Gasteiger partial charge is 0.415 e. The Bertz CT molecular complexity index is 1200. The van der Waals surface area contributed by atoms with Crippen molar-refractivity contribution in [3.05, 3.63) is 46.9 Å². The topological polar surface area (TPSA) is 121 Å². The van der Waals surface area contributed by atoms with E-state index in [2.05, 4.69) is 10.3 Å². The van der Waals surface area contributed by atoms with Gasteiger partial charge in [0.2, 0.25) is 5.91 Å². The number of ketones is 1. The molecule has 0 spiro atoms. The average molecular weight is 484 g/mol. The zero-order chi connectivity index (χ0) is 24.7. The Kier molecular flexibility index (Phi) is 6.12. The van der Waals surface area contributed by atoms with Crippen molar-refractivity contribution in [1.82, 2.24) is 10.3 Å². The zero-order valence-corrected chi connectivity index (χ0v) is 19.1. The first-order valence-corrected chi connectivity index (χ1v) is 11.4. The van der Waals surface area contributed by atoms with Crippen molar-refractivity contribution in [1.29, 1.82) is 0 Å². The summed E-state index contributed by atoms with van der Waals surface area (Å²) >= 11 is 0. The number of likely N-dealkylation sites (N-methyl/N-ethyl adjacent to an activating group) is 1. The molecule has 11 heteroatoms. The molecule has 0 aliphatic carbocycles. The molecular formula is C24H25FN4O6. The van der Waals surface area contributed by atoms with E-state index in [1.54, 1.807) is 25.2 Å². The van der Waals surface area contributed by atoms with Crippen LogP contribution in [0.1, 0.15) is 29.3 Å². The van der Waals surface area contributed by atoms with E-state index in [9.17, 15) is 23.9 Å². The van der Waals surface area contributed by atoms with Crippen molar-refractivity contribution in [2.75, 3.05) is 43.1 Å². The molecule has 1 fully saturated rings. The summed E-state index contributed by atoms with van der Waals surface area (Å²) in [5.74, 6) is 0.147. The Morgan fingerprint density at radius 2 is 2.06 bits per heavy atom. The molecule has 184 valence electrons. The van der Waals surface area contributed by atoms with Crippen LogP contribution >= 0.6 is 0 Å². The lowest BCUT2D eigenvalue weighted by Crippen LogP contribution is -2.29. The van der Waals surface area contributed by atoms with E-state index in [1.165, 1.54) is 15.9 Å². The number of pyridine rings is 1. The van der Waals surface area contributed by atoms with Gasteiger partial charge in [0.15, 0.2) is 5.78 Å². The second kappa shape index (κ2) is 9.23. The van der Waals surface area contributed by atoms with Gasteiger partial charge >= 0.3 is 6.09 Å². The number of aromatic nitrogens is 1. The van der Waals surface area contributed by atoms with Crippen molar-refractivity contribution in [2.45, 2.75) is 31.5 Å². The summed E-state index contributed by atoms with van der Waals surface area (Å²) in [7, 11) is 1.57. The predicted molar refractivity (Wildman–Crippen MR) is 122 cm³/mol. The number of nitrogens with zero attached hydrogens (tertiary/aromatic N) is 3. The molecule has 2 atom stereocenters. The number of rotatable bonds is 7. The van der Waals surface area contributed by atoms with Crippen molar-refractivity contribution in [2.24, 2.45) is 0 Å². The minimum Gasteiger partial charge on any atom is -0.484 e. The van der Waals surface area contributed by atoms with Gasteiger partial charge in [-0.1, -0.05) is 6.07 Å². The molecule has 10 nitrogen and oxygen atoms in total. The highest BCUT2D eigenvalue weighted by molar-refractivity contribution is 6.02. The van der Waals surface area contributed by atoms with Crippen LogP contribution in [0.5, 0.6) is 5.75 Å². The number of fused-ring (bicyclic) bond motifs is 2. The quantitative estimate of drug-likeness (QED) is 0.564. The largest absolute Gasteiger partial charge is 0.484 e. The molecule has 0 radical (unpaired) electrons. The summed E-state index contributed by atoms with van der Waals surface area (Å²) in [6.07, 6.45) is -1.26. The second-order valence-electron chi connectivity index (χ2n) is 8.84. The third kappa shape index (κ3) is 4.44. The maximum Gasteiger partial charge on any atom is 0.415 e. The van der Waals surface area contributed by atoms with Crippen molar-refractivity contribution in [3.8, 4) is 5.75 Å². The SMILES string of the molecule is CN1C(=O)Cc2ccc(F)c(C(O)CNCCC3CN(c4ccc5c(n4)CC(=O)CO5)C(=O)O3)c21. The van der Waals surface area contributed by atoms with E-state index in [1.807, 2.05) is 0 Å². The van der Waals surface area contributed by atoms with Crippen molar-refractivity contribution in [3.63, 3.8) is 0 Å². The van der Waals surface area contributed by atoms with Crippen LogP contribution in [0.3, 0.4) is 0 Å². The lowest BCUT2D eigenvalue weighted by atomic mass is 10.0. The minimum atomic E-state index is -1.15. The molecule has 1 aromatic carbocycles. The van der Waals surface area contributed by atoms with Gasteiger partial charge in [-0.25, -0.2) is 14.2 Å². The third-order valence-corrected chi connectivity index (χ3v) is 6.43. The van der Waals surface area contributed by atoms with Gasteiger partial charge in [-0.15, -0.1) is 0 Å². The highest BCUT2D eigenvalue weighted by Crippen LogP contribution is 2.36. The lowest BCUT2D eigenvalue weighted by molar-refractivity contribution is -0.121. The summed E-state index contributed by atoms with van der Waals surface area (Å²) in [5.41, 5.74) is 1.72. The van der Waals surface area contributed by atoms with E-state index in [0.717, 1.165) is 0 Å². The van der Waals surface area contributed by atoms with E-state index in [-0.39, 0.29) is 49.8 Å². The summed E-state index contributed by atoms with van der Waals surface area (Å²) < 4.78 is 25.3. The van der Waals surface area contributed by atoms with Crippen LogP contribution < -0.4 is 19.9 Å². The number of aliphatic hydroxyl groups is 1. The van der Waals surface area contributed by atoms with Crippen LogP contribution in [-0.2, 0) is 27.2 Å². The van der Waals surface area contributed by atoms with Gasteiger partial charge in [0.05, 0.1) is 36.9 Å². The number of hydrogen-bond donors (Lipinski definition) is 2. The molecule has 3 aliphatic heterocycles. The molecule has 0 saturated carbocycles. The van der Waals surface area contributed by atoms with Crippen LogP contribution in [0.4, 0.5) is 20.7 Å². The van der Waals surface area contributed by atoms with Crippen LogP contribution in [0.15, 0.2) is 24.3 Å². The van der Waals surface area contributed by atoms with E-state index in [4.69, 9.17) is 9.47 Å². The van der Waals surface area contributed by atoms with Crippen LogP contribution in [0.2, 0.25) is 0 Å². The number of benzene rings is 1. The number of cyclic esters (lactones) is 1. The summed E-state index contributed by atoms with van der Waals surface area (Å²) in [5, 5.41) is 13.7. The second-order valence-corrected chi connectivity index (χ2v) is 8.84. The number of nitrogens with one attached hydrogen (secondary N) is 1. The number of anilines is 2. The van der Waals surface area contributed by atoms with Gasteiger partial charge in [0.1, 0.15) is 30.1 Å². The van der Waals surface area contributed by atoms with E-state index < -0.39 is 24.1 Å². The number of carbonyl (C=O) groups is 3. The molecule has 5 rings (SSSR count). The molecular weight excluding hydrogens is 459 g/mol.